The molecule has 4 nitrogen and oxygen atoms in total. The van der Waals surface area contributed by atoms with E-state index in [-0.39, 0.29) is 0 Å². The number of hydrogen-bond donors (Lipinski definition) is 2. The second kappa shape index (κ2) is 8.58. The standard InChI is InChI=1S/C18H20BrNO3/c1-13-5-4-6-16(18(21)22)17(13)20-11-2-3-12-23-15-9-7-14(19)8-10-15/h4-10,20H,2-3,11-12H2,1H3,(H,21,22). The first-order chi connectivity index (χ1) is 11.1. The third-order valence-corrected chi connectivity index (χ3v) is 3.99. The van der Waals surface area contributed by atoms with Crippen molar-refractivity contribution in [3.63, 3.8) is 0 Å². The number of anilines is 1. The van der Waals surface area contributed by atoms with E-state index in [1.54, 1.807) is 12.1 Å². The second-order valence-corrected chi connectivity index (χ2v) is 6.15. The SMILES string of the molecule is Cc1cccc(C(=O)O)c1NCCCCOc1ccc(Br)cc1. The maximum atomic E-state index is 11.2. The van der Waals surface area contributed by atoms with Gasteiger partial charge in [0.1, 0.15) is 5.75 Å². The largest absolute Gasteiger partial charge is 0.494 e. The summed E-state index contributed by atoms with van der Waals surface area (Å²) in [4.78, 5) is 11.2. The number of aromatic carboxylic acids is 1. The Balaban J connectivity index is 1.74. The topological polar surface area (TPSA) is 58.6 Å². The molecule has 2 rings (SSSR count). The van der Waals surface area contributed by atoms with Crippen LogP contribution in [0.25, 0.3) is 0 Å². The fourth-order valence-electron chi connectivity index (χ4n) is 2.24. The Hall–Kier alpha value is -2.01. The number of aryl methyl sites for hydroxylation is 1. The number of rotatable bonds is 8. The van der Waals surface area contributed by atoms with Crippen LogP contribution in [-0.4, -0.2) is 24.2 Å². The van der Waals surface area contributed by atoms with Crippen LogP contribution in [0, 0.1) is 6.92 Å². The number of carboxylic acid groups (broad SMARTS) is 1. The molecule has 0 saturated heterocycles. The van der Waals surface area contributed by atoms with Gasteiger partial charge in [0.2, 0.25) is 0 Å². The summed E-state index contributed by atoms with van der Waals surface area (Å²) >= 11 is 3.39. The lowest BCUT2D eigenvalue weighted by atomic mass is 10.1. The van der Waals surface area contributed by atoms with Crippen molar-refractivity contribution in [1.29, 1.82) is 0 Å². The summed E-state index contributed by atoms with van der Waals surface area (Å²) in [6.45, 7) is 3.27. The third-order valence-electron chi connectivity index (χ3n) is 3.46. The lowest BCUT2D eigenvalue weighted by Crippen LogP contribution is -2.10. The number of nitrogens with one attached hydrogen (secondary N) is 1. The normalized spacial score (nSPS) is 10.3. The molecule has 2 N–H and O–H groups in total. The minimum absolute atomic E-state index is 0.316. The number of carbonyl (C=O) groups is 1. The van der Waals surface area contributed by atoms with E-state index in [1.165, 1.54) is 0 Å². The average Bonchev–Trinajstić information content (AvgIpc) is 2.53. The van der Waals surface area contributed by atoms with E-state index in [1.807, 2.05) is 37.3 Å². The number of carboxylic acids is 1. The fraction of sp³-hybridized carbons (Fsp3) is 0.278. The van der Waals surface area contributed by atoms with Crippen LogP contribution in [0.1, 0.15) is 28.8 Å². The summed E-state index contributed by atoms with van der Waals surface area (Å²) in [5.41, 5.74) is 1.96. The van der Waals surface area contributed by atoms with Crippen molar-refractivity contribution >= 4 is 27.6 Å². The van der Waals surface area contributed by atoms with Crippen molar-refractivity contribution in [2.75, 3.05) is 18.5 Å². The Bertz CT molecular complexity index is 656. The molecule has 122 valence electrons. The van der Waals surface area contributed by atoms with E-state index >= 15 is 0 Å². The first-order valence-corrected chi connectivity index (χ1v) is 8.32. The minimum Gasteiger partial charge on any atom is -0.494 e. The van der Waals surface area contributed by atoms with Gasteiger partial charge in [0.05, 0.1) is 17.9 Å². The van der Waals surface area contributed by atoms with E-state index in [9.17, 15) is 9.90 Å². The summed E-state index contributed by atoms with van der Waals surface area (Å²) in [5, 5.41) is 12.4. The van der Waals surface area contributed by atoms with Crippen LogP contribution in [0.4, 0.5) is 5.69 Å². The van der Waals surface area contributed by atoms with Gasteiger partial charge < -0.3 is 15.2 Å². The minimum atomic E-state index is -0.908. The number of hydrogen-bond acceptors (Lipinski definition) is 3. The molecule has 0 aliphatic heterocycles. The lowest BCUT2D eigenvalue weighted by molar-refractivity contribution is 0.0698. The van der Waals surface area contributed by atoms with Gasteiger partial charge in [-0.15, -0.1) is 0 Å². The molecule has 0 bridgehead atoms. The fourth-order valence-corrected chi connectivity index (χ4v) is 2.51. The molecular weight excluding hydrogens is 358 g/mol. The predicted molar refractivity (Wildman–Crippen MR) is 95.5 cm³/mol. The van der Waals surface area contributed by atoms with Crippen LogP contribution in [-0.2, 0) is 0 Å². The number of para-hydroxylation sites is 1. The zero-order valence-corrected chi connectivity index (χ0v) is 14.6. The first kappa shape index (κ1) is 17.3. The van der Waals surface area contributed by atoms with E-state index in [0.717, 1.165) is 35.2 Å². The van der Waals surface area contributed by atoms with Gasteiger partial charge in [-0.3, -0.25) is 0 Å². The quantitative estimate of drug-likeness (QED) is 0.653. The van der Waals surface area contributed by atoms with Gasteiger partial charge >= 0.3 is 5.97 Å². The van der Waals surface area contributed by atoms with Crippen molar-refractivity contribution in [1.82, 2.24) is 0 Å². The van der Waals surface area contributed by atoms with Crippen LogP contribution in [0.15, 0.2) is 46.9 Å². The van der Waals surface area contributed by atoms with Crippen LogP contribution >= 0.6 is 15.9 Å². The molecule has 0 amide bonds. The van der Waals surface area contributed by atoms with Crippen LogP contribution < -0.4 is 10.1 Å². The maximum Gasteiger partial charge on any atom is 0.337 e. The van der Waals surface area contributed by atoms with Crippen LogP contribution in [0.5, 0.6) is 5.75 Å². The second-order valence-electron chi connectivity index (χ2n) is 5.24. The molecule has 0 aliphatic rings. The summed E-state index contributed by atoms with van der Waals surface area (Å²) in [6, 6.07) is 13.0. The van der Waals surface area contributed by atoms with Crippen LogP contribution in [0.3, 0.4) is 0 Å². The molecule has 5 heteroatoms. The summed E-state index contributed by atoms with van der Waals surface area (Å²) < 4.78 is 6.69. The Kier molecular flexibility index (Phi) is 6.47. The number of ether oxygens (including phenoxy) is 1. The smallest absolute Gasteiger partial charge is 0.337 e. The van der Waals surface area contributed by atoms with E-state index in [4.69, 9.17) is 4.74 Å². The van der Waals surface area contributed by atoms with Gasteiger partial charge in [-0.1, -0.05) is 28.1 Å². The maximum absolute atomic E-state index is 11.2. The van der Waals surface area contributed by atoms with Crippen molar-refractivity contribution in [2.45, 2.75) is 19.8 Å². The first-order valence-electron chi connectivity index (χ1n) is 7.53. The molecule has 23 heavy (non-hydrogen) atoms. The summed E-state index contributed by atoms with van der Waals surface area (Å²) in [6.07, 6.45) is 1.81. The van der Waals surface area contributed by atoms with E-state index in [0.29, 0.717) is 17.9 Å². The molecular formula is C18H20BrNO3. The number of benzene rings is 2. The zero-order valence-electron chi connectivity index (χ0n) is 13.0. The lowest BCUT2D eigenvalue weighted by Gasteiger charge is -2.12. The van der Waals surface area contributed by atoms with E-state index in [2.05, 4.69) is 21.2 Å². The van der Waals surface area contributed by atoms with Crippen molar-refractivity contribution in [3.8, 4) is 5.75 Å². The monoisotopic (exact) mass is 377 g/mol. The highest BCUT2D eigenvalue weighted by molar-refractivity contribution is 9.10. The highest BCUT2D eigenvalue weighted by atomic mass is 79.9. The molecule has 2 aromatic rings. The van der Waals surface area contributed by atoms with Gasteiger partial charge in [-0.05, 0) is 55.7 Å². The molecule has 0 radical (unpaired) electrons. The molecule has 0 heterocycles. The van der Waals surface area contributed by atoms with Gasteiger partial charge in [-0.2, -0.15) is 0 Å². The number of halogens is 1. The Morgan fingerprint density at radius 2 is 1.91 bits per heavy atom. The summed E-state index contributed by atoms with van der Waals surface area (Å²) in [7, 11) is 0. The van der Waals surface area contributed by atoms with Crippen molar-refractivity contribution < 1.29 is 14.6 Å². The average molecular weight is 378 g/mol. The molecule has 0 atom stereocenters. The van der Waals surface area contributed by atoms with Crippen molar-refractivity contribution in [3.05, 3.63) is 58.1 Å². The third kappa shape index (κ3) is 5.28. The van der Waals surface area contributed by atoms with Crippen molar-refractivity contribution in [2.24, 2.45) is 0 Å². The highest BCUT2D eigenvalue weighted by Gasteiger charge is 2.10. The molecule has 0 fully saturated rings. The van der Waals surface area contributed by atoms with E-state index < -0.39 is 5.97 Å². The van der Waals surface area contributed by atoms with Crippen LogP contribution in [0.2, 0.25) is 0 Å². The summed E-state index contributed by atoms with van der Waals surface area (Å²) in [5.74, 6) is -0.0528. The molecule has 0 spiro atoms. The molecule has 0 aromatic heterocycles. The van der Waals surface area contributed by atoms with Gasteiger partial charge in [-0.25, -0.2) is 4.79 Å². The Morgan fingerprint density at radius 3 is 2.61 bits per heavy atom. The molecule has 0 aliphatic carbocycles. The Labute approximate surface area is 144 Å². The predicted octanol–water partition coefficient (Wildman–Crippen LogP) is 4.73. The zero-order chi connectivity index (χ0) is 16.7. The molecule has 0 saturated carbocycles. The molecule has 2 aromatic carbocycles. The van der Waals surface area contributed by atoms with Gasteiger partial charge in [0.25, 0.3) is 0 Å². The van der Waals surface area contributed by atoms with Gasteiger partial charge in [0.15, 0.2) is 0 Å². The molecule has 0 unspecified atom stereocenters. The Morgan fingerprint density at radius 1 is 1.17 bits per heavy atom. The van der Waals surface area contributed by atoms with Gasteiger partial charge in [0, 0.05) is 11.0 Å². The highest BCUT2D eigenvalue weighted by Crippen LogP contribution is 2.20. The number of unbranched alkanes of at least 4 members (excludes halogenated alkanes) is 1.